The molecule has 0 heterocycles. The molecule has 0 N–H and O–H groups in total. The first-order valence-corrected chi connectivity index (χ1v) is 11.2. The number of hydrogen-bond donors (Lipinski definition) is 0. The number of hydrogen-bond acceptors (Lipinski definition) is 1. The lowest BCUT2D eigenvalue weighted by molar-refractivity contribution is 0.0667. The summed E-state index contributed by atoms with van der Waals surface area (Å²) in [5.74, 6) is 0. The van der Waals surface area contributed by atoms with Crippen molar-refractivity contribution in [2.75, 3.05) is 0 Å². The van der Waals surface area contributed by atoms with Crippen LogP contribution >= 0.6 is 22.6 Å². The largest absolute Gasteiger partial charge is 0.411 e. The SMILES string of the molecule is CCCCC(C)(CC=CI)O[Si](CC)(CC)CC. The molecule has 1 unspecified atom stereocenters. The van der Waals surface area contributed by atoms with E-state index in [-0.39, 0.29) is 5.60 Å². The van der Waals surface area contributed by atoms with Crippen LogP contribution in [0.5, 0.6) is 0 Å². The van der Waals surface area contributed by atoms with Gasteiger partial charge in [0.1, 0.15) is 0 Å². The summed E-state index contributed by atoms with van der Waals surface area (Å²) in [6.45, 7) is 11.5. The number of unbranched alkanes of at least 4 members (excludes halogenated alkanes) is 1. The third kappa shape index (κ3) is 6.20. The fraction of sp³-hybridized carbons (Fsp3) is 0.867. The van der Waals surface area contributed by atoms with Crippen molar-refractivity contribution in [1.29, 1.82) is 0 Å². The van der Waals surface area contributed by atoms with Crippen LogP contribution in [0.15, 0.2) is 10.2 Å². The minimum Gasteiger partial charge on any atom is -0.411 e. The van der Waals surface area contributed by atoms with Crippen molar-refractivity contribution in [2.24, 2.45) is 0 Å². The normalized spacial score (nSPS) is 16.1. The number of rotatable bonds is 10. The van der Waals surface area contributed by atoms with Crippen molar-refractivity contribution in [3.63, 3.8) is 0 Å². The Kier molecular flexibility index (Phi) is 9.88. The molecule has 0 aromatic rings. The lowest BCUT2D eigenvalue weighted by atomic mass is 9.96. The van der Waals surface area contributed by atoms with Gasteiger partial charge in [0.2, 0.25) is 0 Å². The Bertz CT molecular complexity index is 230. The molecule has 1 nitrogen and oxygen atoms in total. The zero-order valence-electron chi connectivity index (χ0n) is 12.9. The van der Waals surface area contributed by atoms with Gasteiger partial charge in [-0.1, -0.05) is 69.2 Å². The summed E-state index contributed by atoms with van der Waals surface area (Å²) in [7, 11) is -1.49. The zero-order chi connectivity index (χ0) is 14.1. The van der Waals surface area contributed by atoms with Crippen LogP contribution in [-0.2, 0) is 4.43 Å². The summed E-state index contributed by atoms with van der Waals surface area (Å²) in [5.41, 5.74) is 0.0614. The highest BCUT2D eigenvalue weighted by Gasteiger charge is 2.36. The van der Waals surface area contributed by atoms with Gasteiger partial charge >= 0.3 is 0 Å². The van der Waals surface area contributed by atoms with Gasteiger partial charge in [0.15, 0.2) is 8.32 Å². The second-order valence-corrected chi connectivity index (χ2v) is 10.9. The van der Waals surface area contributed by atoms with Gasteiger partial charge in [-0.05, 0) is 42.0 Å². The Morgan fingerprint density at radius 2 is 1.67 bits per heavy atom. The molecule has 0 bridgehead atoms. The lowest BCUT2D eigenvalue weighted by Gasteiger charge is -2.40. The molecule has 0 saturated heterocycles. The van der Waals surface area contributed by atoms with Gasteiger partial charge in [0, 0.05) is 0 Å². The van der Waals surface area contributed by atoms with Crippen LogP contribution in [-0.4, -0.2) is 13.9 Å². The third-order valence-electron chi connectivity index (χ3n) is 4.09. The maximum atomic E-state index is 6.76. The van der Waals surface area contributed by atoms with Crippen LogP contribution in [0.2, 0.25) is 18.1 Å². The summed E-state index contributed by atoms with van der Waals surface area (Å²) in [4.78, 5) is 0. The van der Waals surface area contributed by atoms with Crippen molar-refractivity contribution >= 4 is 30.9 Å². The maximum Gasteiger partial charge on any atom is 0.192 e. The molecule has 0 saturated carbocycles. The molecule has 0 aliphatic rings. The molecular weight excluding hydrogens is 351 g/mol. The Labute approximate surface area is 129 Å². The quantitative estimate of drug-likeness (QED) is 0.318. The van der Waals surface area contributed by atoms with Gasteiger partial charge in [-0.25, -0.2) is 0 Å². The van der Waals surface area contributed by atoms with Crippen molar-refractivity contribution in [2.45, 2.75) is 84.0 Å². The van der Waals surface area contributed by atoms with Crippen LogP contribution in [0.1, 0.15) is 60.3 Å². The first-order valence-electron chi connectivity index (χ1n) is 7.46. The fourth-order valence-electron chi connectivity index (χ4n) is 2.53. The van der Waals surface area contributed by atoms with Crippen LogP contribution in [0.4, 0.5) is 0 Å². The molecule has 3 heteroatoms. The minimum absolute atomic E-state index is 0.0614. The fourth-order valence-corrected chi connectivity index (χ4v) is 5.95. The van der Waals surface area contributed by atoms with Crippen LogP contribution in [0, 0.1) is 0 Å². The van der Waals surface area contributed by atoms with Crippen molar-refractivity contribution < 1.29 is 4.43 Å². The third-order valence-corrected chi connectivity index (χ3v) is 9.39. The smallest absolute Gasteiger partial charge is 0.192 e. The van der Waals surface area contributed by atoms with E-state index in [0.717, 1.165) is 6.42 Å². The number of halogens is 1. The van der Waals surface area contributed by atoms with Crippen LogP contribution < -0.4 is 0 Å². The molecule has 0 fully saturated rings. The minimum atomic E-state index is -1.49. The highest BCUT2D eigenvalue weighted by molar-refractivity contribution is 14.1. The topological polar surface area (TPSA) is 9.23 Å². The Hall–Kier alpha value is 0.647. The monoisotopic (exact) mass is 382 g/mol. The average molecular weight is 382 g/mol. The van der Waals surface area contributed by atoms with E-state index in [1.54, 1.807) is 0 Å². The van der Waals surface area contributed by atoms with E-state index >= 15 is 0 Å². The van der Waals surface area contributed by atoms with E-state index in [0.29, 0.717) is 0 Å². The van der Waals surface area contributed by atoms with E-state index in [4.69, 9.17) is 4.43 Å². The van der Waals surface area contributed by atoms with Gasteiger partial charge in [0.05, 0.1) is 5.60 Å². The summed E-state index contributed by atoms with van der Waals surface area (Å²) in [5, 5.41) is 0. The molecule has 0 aliphatic carbocycles. The molecule has 108 valence electrons. The maximum absolute atomic E-state index is 6.76. The molecule has 0 aliphatic heterocycles. The second-order valence-electron chi connectivity index (χ2n) is 5.47. The summed E-state index contributed by atoms with van der Waals surface area (Å²) in [6.07, 6.45) is 7.04. The van der Waals surface area contributed by atoms with Gasteiger partial charge in [-0.2, -0.15) is 0 Å². The van der Waals surface area contributed by atoms with E-state index in [1.807, 2.05) is 0 Å². The summed E-state index contributed by atoms with van der Waals surface area (Å²) < 4.78 is 8.89. The Balaban J connectivity index is 4.83. The van der Waals surface area contributed by atoms with Gasteiger partial charge < -0.3 is 4.43 Å². The van der Waals surface area contributed by atoms with Crippen molar-refractivity contribution in [1.82, 2.24) is 0 Å². The second kappa shape index (κ2) is 9.53. The van der Waals surface area contributed by atoms with E-state index in [9.17, 15) is 0 Å². The van der Waals surface area contributed by atoms with E-state index < -0.39 is 8.32 Å². The van der Waals surface area contributed by atoms with E-state index in [2.05, 4.69) is 67.4 Å². The first-order chi connectivity index (χ1) is 8.51. The van der Waals surface area contributed by atoms with E-state index in [1.165, 1.54) is 37.4 Å². The van der Waals surface area contributed by atoms with Gasteiger partial charge in [0.25, 0.3) is 0 Å². The Morgan fingerprint density at radius 3 is 2.06 bits per heavy atom. The molecule has 0 aromatic heterocycles. The average Bonchev–Trinajstić information content (AvgIpc) is 2.41. The molecular formula is C15H31IOSi. The van der Waals surface area contributed by atoms with Crippen LogP contribution in [0.3, 0.4) is 0 Å². The molecule has 0 rings (SSSR count). The highest BCUT2D eigenvalue weighted by Crippen LogP contribution is 2.33. The zero-order valence-corrected chi connectivity index (χ0v) is 16.0. The van der Waals surface area contributed by atoms with Gasteiger partial charge in [-0.3, -0.25) is 0 Å². The molecule has 0 amide bonds. The molecule has 18 heavy (non-hydrogen) atoms. The molecule has 0 spiro atoms. The highest BCUT2D eigenvalue weighted by atomic mass is 127. The summed E-state index contributed by atoms with van der Waals surface area (Å²) >= 11 is 2.31. The molecule has 1 atom stereocenters. The van der Waals surface area contributed by atoms with Crippen molar-refractivity contribution in [3.05, 3.63) is 10.2 Å². The van der Waals surface area contributed by atoms with Crippen molar-refractivity contribution in [3.8, 4) is 0 Å². The predicted molar refractivity (Wildman–Crippen MR) is 94.0 cm³/mol. The molecule has 0 radical (unpaired) electrons. The predicted octanol–water partition coefficient (Wildman–Crippen LogP) is 6.30. The lowest BCUT2D eigenvalue weighted by Crippen LogP contribution is -2.45. The standard InChI is InChI=1S/C15H31IOSi/c1-6-10-12-15(5,13-11-14-16)17-18(7-2,8-3)9-4/h11,14H,6-10,12-13H2,1-5H3. The summed E-state index contributed by atoms with van der Waals surface area (Å²) in [6, 6.07) is 3.74. The first kappa shape index (κ1) is 18.6. The Morgan fingerprint density at radius 1 is 1.11 bits per heavy atom. The van der Waals surface area contributed by atoms with Crippen LogP contribution in [0.25, 0.3) is 0 Å². The molecule has 0 aromatic carbocycles. The van der Waals surface area contributed by atoms with Gasteiger partial charge in [-0.15, -0.1) is 0 Å².